The van der Waals surface area contributed by atoms with Crippen LogP contribution in [0.15, 0.2) is 121 Å². The topological polar surface area (TPSA) is 9.86 Å². The first-order chi connectivity index (χ1) is 23.4. The van der Waals surface area contributed by atoms with Crippen molar-refractivity contribution in [3.05, 3.63) is 155 Å². The standard InChI is InChI=1S/C46H42N2/c1-30-8-20-42-38(26-30)39-27-31(2)9-21-43(39)47(42)36-16-12-34(13-17-36)46(24-6-5-7-25-46)35-14-18-37(19-15-35)48-44-22-10-32(3)28-40(44)41-29-33(4)11-23-45(41)48/h8-23,26-29H,5-7,24-25H2,1-4H3. The summed E-state index contributed by atoms with van der Waals surface area (Å²) in [6.45, 7) is 8.75. The third-order valence-electron chi connectivity index (χ3n) is 11.2. The quantitative estimate of drug-likeness (QED) is 0.185. The van der Waals surface area contributed by atoms with E-state index >= 15 is 0 Å². The van der Waals surface area contributed by atoms with Crippen LogP contribution in [0.2, 0.25) is 0 Å². The van der Waals surface area contributed by atoms with Gasteiger partial charge in [0.15, 0.2) is 0 Å². The highest BCUT2D eigenvalue weighted by Crippen LogP contribution is 2.46. The molecule has 0 atom stereocenters. The predicted octanol–water partition coefficient (Wildman–Crippen LogP) is 12.4. The molecule has 0 aliphatic heterocycles. The van der Waals surface area contributed by atoms with Crippen LogP contribution in [0.4, 0.5) is 0 Å². The largest absolute Gasteiger partial charge is 0.309 e. The summed E-state index contributed by atoms with van der Waals surface area (Å²) in [5, 5.41) is 5.32. The van der Waals surface area contributed by atoms with Crippen molar-refractivity contribution in [1.29, 1.82) is 0 Å². The molecular weight excluding hydrogens is 581 g/mol. The molecule has 0 N–H and O–H groups in total. The first-order valence-electron chi connectivity index (χ1n) is 17.6. The molecule has 9 rings (SSSR count). The third-order valence-corrected chi connectivity index (χ3v) is 11.2. The van der Waals surface area contributed by atoms with Crippen LogP contribution < -0.4 is 0 Å². The fourth-order valence-corrected chi connectivity index (χ4v) is 8.82. The van der Waals surface area contributed by atoms with E-state index < -0.39 is 0 Å². The van der Waals surface area contributed by atoms with Crippen LogP contribution >= 0.6 is 0 Å². The van der Waals surface area contributed by atoms with Crippen molar-refractivity contribution >= 4 is 43.6 Å². The summed E-state index contributed by atoms with van der Waals surface area (Å²) < 4.78 is 4.90. The van der Waals surface area contributed by atoms with Crippen molar-refractivity contribution in [2.75, 3.05) is 0 Å². The summed E-state index contributed by atoms with van der Waals surface area (Å²) >= 11 is 0. The van der Waals surface area contributed by atoms with E-state index in [9.17, 15) is 0 Å². The van der Waals surface area contributed by atoms with Gasteiger partial charge in [-0.2, -0.15) is 0 Å². The predicted molar refractivity (Wildman–Crippen MR) is 204 cm³/mol. The number of nitrogens with zero attached hydrogens (tertiary/aromatic N) is 2. The van der Waals surface area contributed by atoms with E-state index in [4.69, 9.17) is 0 Å². The first kappa shape index (κ1) is 29.1. The number of hydrogen-bond acceptors (Lipinski definition) is 0. The van der Waals surface area contributed by atoms with Crippen LogP contribution in [0.5, 0.6) is 0 Å². The van der Waals surface area contributed by atoms with Crippen molar-refractivity contribution in [1.82, 2.24) is 9.13 Å². The Labute approximate surface area is 283 Å². The van der Waals surface area contributed by atoms with Gasteiger partial charge in [-0.05, 0) is 124 Å². The molecule has 1 aliphatic rings. The van der Waals surface area contributed by atoms with Crippen LogP contribution in [-0.2, 0) is 5.41 Å². The minimum Gasteiger partial charge on any atom is -0.309 e. The van der Waals surface area contributed by atoms with E-state index in [0.29, 0.717) is 0 Å². The minimum atomic E-state index is 0.0272. The van der Waals surface area contributed by atoms with Gasteiger partial charge in [-0.1, -0.05) is 90.0 Å². The van der Waals surface area contributed by atoms with Crippen LogP contribution in [-0.4, -0.2) is 9.13 Å². The van der Waals surface area contributed by atoms with E-state index in [1.165, 1.54) is 120 Å². The van der Waals surface area contributed by atoms with Gasteiger partial charge >= 0.3 is 0 Å². The molecular formula is C46H42N2. The SMILES string of the molecule is Cc1ccc2c(c1)c1cc(C)ccc1n2-c1ccc(C2(c3ccc(-n4c5ccc(C)cc5c5cc(C)ccc54)cc3)CCCCC2)cc1. The Morgan fingerprint density at radius 2 is 0.688 bits per heavy atom. The molecule has 48 heavy (non-hydrogen) atoms. The highest BCUT2D eigenvalue weighted by atomic mass is 15.0. The van der Waals surface area contributed by atoms with Crippen molar-refractivity contribution in [2.24, 2.45) is 0 Å². The van der Waals surface area contributed by atoms with Crippen molar-refractivity contribution in [3.8, 4) is 11.4 Å². The highest BCUT2D eigenvalue weighted by Gasteiger charge is 2.35. The second kappa shape index (κ2) is 11.0. The summed E-state index contributed by atoms with van der Waals surface area (Å²) in [5.41, 5.74) is 15.6. The average molecular weight is 623 g/mol. The Morgan fingerprint density at radius 3 is 1.00 bits per heavy atom. The summed E-state index contributed by atoms with van der Waals surface area (Å²) in [7, 11) is 0. The second-order valence-corrected chi connectivity index (χ2v) is 14.5. The van der Waals surface area contributed by atoms with Gasteiger partial charge in [-0.15, -0.1) is 0 Å². The van der Waals surface area contributed by atoms with E-state index in [2.05, 4.69) is 158 Å². The zero-order valence-electron chi connectivity index (χ0n) is 28.5. The summed E-state index contributed by atoms with van der Waals surface area (Å²) in [5.74, 6) is 0. The molecule has 2 heterocycles. The molecule has 0 spiro atoms. The summed E-state index contributed by atoms with van der Waals surface area (Å²) in [4.78, 5) is 0. The number of benzene rings is 6. The van der Waals surface area contributed by atoms with Gasteiger partial charge in [0.25, 0.3) is 0 Å². The number of aromatic nitrogens is 2. The molecule has 236 valence electrons. The van der Waals surface area contributed by atoms with E-state index in [-0.39, 0.29) is 5.41 Å². The average Bonchev–Trinajstić information content (AvgIpc) is 3.59. The molecule has 0 saturated heterocycles. The van der Waals surface area contributed by atoms with Gasteiger partial charge in [-0.25, -0.2) is 0 Å². The lowest BCUT2D eigenvalue weighted by molar-refractivity contribution is 0.346. The molecule has 0 amide bonds. The van der Waals surface area contributed by atoms with Crippen molar-refractivity contribution in [2.45, 2.75) is 65.2 Å². The fourth-order valence-electron chi connectivity index (χ4n) is 8.82. The summed E-state index contributed by atoms with van der Waals surface area (Å²) in [6, 6.07) is 46.6. The van der Waals surface area contributed by atoms with Crippen LogP contribution in [0, 0.1) is 27.7 Å². The third kappa shape index (κ3) is 4.46. The number of hydrogen-bond donors (Lipinski definition) is 0. The van der Waals surface area contributed by atoms with Gasteiger partial charge in [0.05, 0.1) is 22.1 Å². The Morgan fingerprint density at radius 1 is 0.375 bits per heavy atom. The lowest BCUT2D eigenvalue weighted by Gasteiger charge is -2.39. The van der Waals surface area contributed by atoms with Gasteiger partial charge in [0.1, 0.15) is 0 Å². The molecule has 0 radical (unpaired) electrons. The molecule has 1 fully saturated rings. The van der Waals surface area contributed by atoms with E-state index in [0.717, 1.165) is 0 Å². The smallest absolute Gasteiger partial charge is 0.0541 e. The van der Waals surface area contributed by atoms with Crippen LogP contribution in [0.3, 0.4) is 0 Å². The van der Waals surface area contributed by atoms with Gasteiger partial charge in [0, 0.05) is 38.3 Å². The normalized spacial score (nSPS) is 14.8. The molecule has 6 aromatic carbocycles. The Bertz CT molecular complexity index is 2210. The molecule has 1 saturated carbocycles. The number of aryl methyl sites for hydroxylation is 4. The lowest BCUT2D eigenvalue weighted by Crippen LogP contribution is -2.30. The monoisotopic (exact) mass is 622 g/mol. The van der Waals surface area contributed by atoms with Gasteiger partial charge in [0.2, 0.25) is 0 Å². The minimum absolute atomic E-state index is 0.0272. The van der Waals surface area contributed by atoms with E-state index in [1.54, 1.807) is 0 Å². The Balaban J connectivity index is 1.14. The Kier molecular flexibility index (Phi) is 6.66. The molecule has 2 nitrogen and oxygen atoms in total. The molecule has 2 aromatic heterocycles. The molecule has 0 bridgehead atoms. The molecule has 1 aliphatic carbocycles. The molecule has 8 aromatic rings. The Hall–Kier alpha value is -5.08. The lowest BCUT2D eigenvalue weighted by atomic mass is 9.65. The van der Waals surface area contributed by atoms with Crippen LogP contribution in [0.1, 0.15) is 65.5 Å². The maximum atomic E-state index is 2.45. The van der Waals surface area contributed by atoms with Gasteiger partial charge < -0.3 is 9.13 Å². The zero-order valence-corrected chi connectivity index (χ0v) is 28.5. The summed E-state index contributed by atoms with van der Waals surface area (Å²) in [6.07, 6.45) is 6.22. The fraction of sp³-hybridized carbons (Fsp3) is 0.217. The first-order valence-corrected chi connectivity index (χ1v) is 17.6. The highest BCUT2D eigenvalue weighted by molar-refractivity contribution is 6.10. The van der Waals surface area contributed by atoms with Gasteiger partial charge in [-0.3, -0.25) is 0 Å². The number of rotatable bonds is 4. The zero-order chi connectivity index (χ0) is 32.6. The maximum absolute atomic E-state index is 2.45. The maximum Gasteiger partial charge on any atom is 0.0541 e. The van der Waals surface area contributed by atoms with Crippen molar-refractivity contribution in [3.63, 3.8) is 0 Å². The van der Waals surface area contributed by atoms with Crippen molar-refractivity contribution < 1.29 is 0 Å². The van der Waals surface area contributed by atoms with Crippen LogP contribution in [0.25, 0.3) is 55.0 Å². The second-order valence-electron chi connectivity index (χ2n) is 14.5. The number of fused-ring (bicyclic) bond motifs is 6. The molecule has 2 heteroatoms. The van der Waals surface area contributed by atoms with E-state index in [1.807, 2.05) is 0 Å². The molecule has 0 unspecified atom stereocenters.